The number of hydrogen-bond acceptors (Lipinski definition) is 3. The number of fused-ring (bicyclic) bond motifs is 1. The van der Waals surface area contributed by atoms with Gasteiger partial charge in [-0.3, -0.25) is 9.89 Å². The summed E-state index contributed by atoms with van der Waals surface area (Å²) in [6, 6.07) is 17.8. The molecule has 1 unspecified atom stereocenters. The van der Waals surface area contributed by atoms with E-state index in [0.717, 1.165) is 34.6 Å². The van der Waals surface area contributed by atoms with Crippen LogP contribution in [0.2, 0.25) is 0 Å². The first kappa shape index (κ1) is 16.4. The van der Waals surface area contributed by atoms with Crippen LogP contribution in [-0.2, 0) is 0 Å². The first-order valence-corrected chi connectivity index (χ1v) is 8.83. The van der Waals surface area contributed by atoms with Gasteiger partial charge in [-0.1, -0.05) is 37.3 Å². The second-order valence-electron chi connectivity index (χ2n) is 6.40. The number of carbonyl (C=O) groups is 1. The van der Waals surface area contributed by atoms with E-state index in [1.54, 1.807) is 7.11 Å². The fourth-order valence-electron chi connectivity index (χ4n) is 3.62. The Labute approximate surface area is 152 Å². The van der Waals surface area contributed by atoms with Crippen LogP contribution in [0.1, 0.15) is 41.0 Å². The highest BCUT2D eigenvalue weighted by molar-refractivity contribution is 6.00. The van der Waals surface area contributed by atoms with Crippen molar-refractivity contribution in [3.8, 4) is 17.0 Å². The van der Waals surface area contributed by atoms with Crippen LogP contribution in [0.3, 0.4) is 0 Å². The summed E-state index contributed by atoms with van der Waals surface area (Å²) in [6.45, 7) is 2.80. The molecule has 1 atom stereocenters. The average molecular weight is 347 g/mol. The van der Waals surface area contributed by atoms with E-state index < -0.39 is 0 Å². The monoisotopic (exact) mass is 347 g/mol. The van der Waals surface area contributed by atoms with Crippen LogP contribution in [0, 0.1) is 0 Å². The average Bonchev–Trinajstić information content (AvgIpc) is 3.23. The molecule has 2 aromatic carbocycles. The molecule has 1 N–H and O–H groups in total. The molecule has 1 aliphatic heterocycles. The van der Waals surface area contributed by atoms with E-state index in [4.69, 9.17) is 4.74 Å². The predicted molar refractivity (Wildman–Crippen MR) is 100 cm³/mol. The van der Waals surface area contributed by atoms with Crippen molar-refractivity contribution >= 4 is 5.91 Å². The normalized spacial score (nSPS) is 16.0. The SMILES string of the molecule is CCCN1C(=O)c2[nH]nc(-c3ccc(OC)cc3)c2C1c1ccccc1. The van der Waals surface area contributed by atoms with Crippen LogP contribution in [0.5, 0.6) is 5.75 Å². The summed E-state index contributed by atoms with van der Waals surface area (Å²) in [5.41, 5.74) is 4.45. The number of benzene rings is 2. The van der Waals surface area contributed by atoms with Crippen LogP contribution in [0.25, 0.3) is 11.3 Å². The van der Waals surface area contributed by atoms with Gasteiger partial charge in [0.15, 0.2) is 0 Å². The molecule has 1 aliphatic rings. The van der Waals surface area contributed by atoms with E-state index in [1.807, 2.05) is 47.4 Å². The molecule has 2 heterocycles. The Morgan fingerprint density at radius 1 is 1.12 bits per heavy atom. The molecule has 0 fully saturated rings. The van der Waals surface area contributed by atoms with E-state index in [9.17, 15) is 4.79 Å². The van der Waals surface area contributed by atoms with Gasteiger partial charge < -0.3 is 9.64 Å². The van der Waals surface area contributed by atoms with E-state index >= 15 is 0 Å². The van der Waals surface area contributed by atoms with Crippen molar-refractivity contribution in [2.45, 2.75) is 19.4 Å². The van der Waals surface area contributed by atoms with Gasteiger partial charge in [-0.25, -0.2) is 0 Å². The summed E-state index contributed by atoms with van der Waals surface area (Å²) >= 11 is 0. The molecular weight excluding hydrogens is 326 g/mol. The summed E-state index contributed by atoms with van der Waals surface area (Å²) in [5.74, 6) is 0.812. The van der Waals surface area contributed by atoms with Crippen LogP contribution >= 0.6 is 0 Å². The van der Waals surface area contributed by atoms with Gasteiger partial charge in [0.1, 0.15) is 11.4 Å². The highest BCUT2D eigenvalue weighted by atomic mass is 16.5. The zero-order valence-electron chi connectivity index (χ0n) is 14.9. The number of nitrogens with zero attached hydrogens (tertiary/aromatic N) is 2. The van der Waals surface area contributed by atoms with Crippen molar-refractivity contribution in [2.75, 3.05) is 13.7 Å². The lowest BCUT2D eigenvalue weighted by Crippen LogP contribution is -2.30. The maximum atomic E-state index is 13.0. The van der Waals surface area contributed by atoms with Crippen molar-refractivity contribution in [2.24, 2.45) is 0 Å². The fraction of sp³-hybridized carbons (Fsp3) is 0.238. The van der Waals surface area contributed by atoms with Crippen LogP contribution in [0.15, 0.2) is 54.6 Å². The smallest absolute Gasteiger partial charge is 0.273 e. The number of H-pyrrole nitrogens is 1. The third-order valence-electron chi connectivity index (χ3n) is 4.81. The van der Waals surface area contributed by atoms with Gasteiger partial charge in [0, 0.05) is 17.7 Å². The van der Waals surface area contributed by atoms with Gasteiger partial charge in [-0.05, 0) is 36.2 Å². The molecule has 0 bridgehead atoms. The lowest BCUT2D eigenvalue weighted by molar-refractivity contribution is 0.0744. The molecular formula is C21H21N3O2. The molecule has 0 spiro atoms. The number of carbonyl (C=O) groups excluding carboxylic acids is 1. The summed E-state index contributed by atoms with van der Waals surface area (Å²) in [7, 11) is 1.65. The first-order chi connectivity index (χ1) is 12.7. The predicted octanol–water partition coefficient (Wildman–Crippen LogP) is 4.04. The maximum absolute atomic E-state index is 13.0. The molecule has 4 rings (SSSR count). The molecule has 5 nitrogen and oxygen atoms in total. The maximum Gasteiger partial charge on any atom is 0.273 e. The Bertz CT molecular complexity index is 916. The van der Waals surface area contributed by atoms with E-state index in [0.29, 0.717) is 12.2 Å². The molecule has 0 saturated carbocycles. The number of amides is 1. The highest BCUT2D eigenvalue weighted by Gasteiger charge is 2.41. The number of aromatic amines is 1. The number of nitrogens with one attached hydrogen (secondary N) is 1. The zero-order chi connectivity index (χ0) is 18.1. The fourth-order valence-corrected chi connectivity index (χ4v) is 3.62. The Morgan fingerprint density at radius 3 is 2.50 bits per heavy atom. The lowest BCUT2D eigenvalue weighted by Gasteiger charge is -2.26. The minimum atomic E-state index is -0.116. The van der Waals surface area contributed by atoms with E-state index in [2.05, 4.69) is 29.3 Å². The summed E-state index contributed by atoms with van der Waals surface area (Å²) in [5, 5.41) is 7.45. The van der Waals surface area contributed by atoms with Crippen molar-refractivity contribution < 1.29 is 9.53 Å². The Balaban J connectivity index is 1.85. The summed E-state index contributed by atoms with van der Waals surface area (Å²) in [6.07, 6.45) is 0.907. The van der Waals surface area contributed by atoms with Gasteiger partial charge in [-0.15, -0.1) is 0 Å². The molecule has 1 aromatic heterocycles. The standard InChI is InChI=1S/C21H21N3O2/c1-3-13-24-20(15-7-5-4-6-8-15)17-18(22-23-19(17)21(24)25)14-9-11-16(26-2)12-10-14/h4-12,20H,3,13H2,1-2H3,(H,22,23). The topological polar surface area (TPSA) is 58.2 Å². The number of hydrogen-bond donors (Lipinski definition) is 1. The largest absolute Gasteiger partial charge is 0.497 e. The van der Waals surface area contributed by atoms with Gasteiger partial charge in [-0.2, -0.15) is 5.10 Å². The van der Waals surface area contributed by atoms with Gasteiger partial charge in [0.25, 0.3) is 5.91 Å². The molecule has 5 heteroatoms. The van der Waals surface area contributed by atoms with Gasteiger partial charge in [0.05, 0.1) is 18.8 Å². The zero-order valence-corrected chi connectivity index (χ0v) is 14.9. The Hall–Kier alpha value is -3.08. The molecule has 0 saturated heterocycles. The number of methoxy groups -OCH3 is 1. The Morgan fingerprint density at radius 2 is 1.85 bits per heavy atom. The van der Waals surface area contributed by atoms with E-state index in [-0.39, 0.29) is 11.9 Å². The third-order valence-corrected chi connectivity index (χ3v) is 4.81. The summed E-state index contributed by atoms with van der Waals surface area (Å²) < 4.78 is 5.25. The second-order valence-corrected chi connectivity index (χ2v) is 6.40. The molecule has 1 amide bonds. The van der Waals surface area contributed by atoms with Crippen molar-refractivity contribution in [3.63, 3.8) is 0 Å². The van der Waals surface area contributed by atoms with Crippen molar-refractivity contribution in [1.29, 1.82) is 0 Å². The molecule has 0 aliphatic carbocycles. The quantitative estimate of drug-likeness (QED) is 0.758. The molecule has 132 valence electrons. The number of aromatic nitrogens is 2. The van der Waals surface area contributed by atoms with Gasteiger partial charge >= 0.3 is 0 Å². The van der Waals surface area contributed by atoms with Crippen LogP contribution < -0.4 is 4.74 Å². The summed E-state index contributed by atoms with van der Waals surface area (Å²) in [4.78, 5) is 14.9. The lowest BCUT2D eigenvalue weighted by atomic mass is 9.96. The Kier molecular flexibility index (Phi) is 4.21. The molecule has 26 heavy (non-hydrogen) atoms. The molecule has 0 radical (unpaired) electrons. The van der Waals surface area contributed by atoms with Crippen LogP contribution in [0.4, 0.5) is 0 Å². The first-order valence-electron chi connectivity index (χ1n) is 8.83. The van der Waals surface area contributed by atoms with Gasteiger partial charge in [0.2, 0.25) is 0 Å². The third kappa shape index (κ3) is 2.56. The number of ether oxygens (including phenoxy) is 1. The van der Waals surface area contributed by atoms with Crippen molar-refractivity contribution in [3.05, 3.63) is 71.4 Å². The van der Waals surface area contributed by atoms with Crippen LogP contribution in [-0.4, -0.2) is 34.7 Å². The second kappa shape index (κ2) is 6.67. The minimum Gasteiger partial charge on any atom is -0.497 e. The minimum absolute atomic E-state index is 0.0166. The van der Waals surface area contributed by atoms with Crippen molar-refractivity contribution in [1.82, 2.24) is 15.1 Å². The number of rotatable bonds is 5. The van der Waals surface area contributed by atoms with E-state index in [1.165, 1.54) is 0 Å². The molecule has 3 aromatic rings. The highest BCUT2D eigenvalue weighted by Crippen LogP contribution is 2.42.